The van der Waals surface area contributed by atoms with E-state index < -0.39 is 11.7 Å². The van der Waals surface area contributed by atoms with Crippen molar-refractivity contribution in [2.24, 2.45) is 10.9 Å². The van der Waals surface area contributed by atoms with Gasteiger partial charge in [0.15, 0.2) is 11.6 Å². The largest absolute Gasteiger partial charge is 0.494 e. The number of halogens is 2. The predicted molar refractivity (Wildman–Crippen MR) is 99.2 cm³/mol. The Bertz CT molecular complexity index is 687. The van der Waals surface area contributed by atoms with Gasteiger partial charge in [-0.25, -0.2) is 9.38 Å². The molecule has 0 fully saturated rings. The average Bonchev–Trinajstić information content (AvgIpc) is 2.55. The highest BCUT2D eigenvalue weighted by molar-refractivity contribution is 6.35. The van der Waals surface area contributed by atoms with E-state index in [0.29, 0.717) is 18.0 Å². The third-order valence-corrected chi connectivity index (χ3v) is 3.43. The summed E-state index contributed by atoms with van der Waals surface area (Å²) in [4.78, 5) is 16.3. The van der Waals surface area contributed by atoms with Crippen molar-refractivity contribution in [3.8, 4) is 5.75 Å². The first-order valence-corrected chi connectivity index (χ1v) is 8.08. The van der Waals surface area contributed by atoms with Crippen LogP contribution in [0.1, 0.15) is 19.4 Å². The van der Waals surface area contributed by atoms with E-state index in [0.717, 1.165) is 0 Å². The molecule has 0 aliphatic carbocycles. The first kappa shape index (κ1) is 20.7. The summed E-state index contributed by atoms with van der Waals surface area (Å²) in [5, 5.41) is 5.73. The third-order valence-electron chi connectivity index (χ3n) is 3.24. The fourth-order valence-electron chi connectivity index (χ4n) is 1.97. The van der Waals surface area contributed by atoms with Crippen molar-refractivity contribution in [2.75, 3.05) is 13.7 Å². The summed E-state index contributed by atoms with van der Waals surface area (Å²) in [6.45, 7) is 11.8. The van der Waals surface area contributed by atoms with Gasteiger partial charge in [-0.15, -0.1) is 0 Å². The molecule has 0 bridgehead atoms. The molecular weight excluding hydrogens is 345 g/mol. The van der Waals surface area contributed by atoms with Gasteiger partial charge in [0, 0.05) is 18.1 Å². The molecule has 1 rings (SSSR count). The van der Waals surface area contributed by atoms with Gasteiger partial charge in [0.05, 0.1) is 12.7 Å². The number of nitrogens with zero attached hydrogens (tertiary/aromatic N) is 1. The quantitative estimate of drug-likeness (QED) is 0.399. The number of amides is 1. The molecule has 25 heavy (non-hydrogen) atoms. The Labute approximate surface area is 152 Å². The van der Waals surface area contributed by atoms with Crippen molar-refractivity contribution in [3.63, 3.8) is 0 Å². The number of carbonyl (C=O) groups excluding carboxylic acids is 1. The van der Waals surface area contributed by atoms with Gasteiger partial charge in [0.1, 0.15) is 5.82 Å². The second-order valence-corrected chi connectivity index (χ2v) is 6.17. The minimum Gasteiger partial charge on any atom is -0.494 e. The molecule has 136 valence electrons. The van der Waals surface area contributed by atoms with Crippen LogP contribution >= 0.6 is 11.6 Å². The maximum Gasteiger partial charge on any atom is 0.256 e. The first-order valence-electron chi connectivity index (χ1n) is 7.70. The number of carbonyl (C=O) groups is 1. The second kappa shape index (κ2) is 9.84. The zero-order valence-electron chi connectivity index (χ0n) is 14.7. The lowest BCUT2D eigenvalue weighted by molar-refractivity contribution is -0.117. The first-order chi connectivity index (χ1) is 11.8. The molecule has 0 aromatic heterocycles. The Balaban J connectivity index is 2.91. The number of rotatable bonds is 9. The number of aliphatic imine (C=N–C) groups is 1. The lowest BCUT2D eigenvalue weighted by atomic mass is 10.1. The van der Waals surface area contributed by atoms with Crippen LogP contribution in [0.5, 0.6) is 5.75 Å². The molecule has 1 aromatic carbocycles. The molecule has 0 radical (unpaired) electrons. The number of hydrogen-bond acceptors (Lipinski definition) is 4. The molecule has 0 atom stereocenters. The minimum atomic E-state index is -0.501. The molecule has 0 unspecified atom stereocenters. The number of methoxy groups -OCH3 is 1. The Morgan fingerprint density at radius 1 is 1.40 bits per heavy atom. The summed E-state index contributed by atoms with van der Waals surface area (Å²) < 4.78 is 18.6. The Hall–Kier alpha value is -2.34. The van der Waals surface area contributed by atoms with Gasteiger partial charge < -0.3 is 15.4 Å². The predicted octanol–water partition coefficient (Wildman–Crippen LogP) is 3.36. The van der Waals surface area contributed by atoms with Crippen molar-refractivity contribution in [2.45, 2.75) is 20.4 Å². The monoisotopic (exact) mass is 367 g/mol. The van der Waals surface area contributed by atoms with Gasteiger partial charge in [-0.05, 0) is 30.3 Å². The van der Waals surface area contributed by atoms with Gasteiger partial charge in [-0.3, -0.25) is 4.79 Å². The van der Waals surface area contributed by atoms with E-state index in [-0.39, 0.29) is 28.7 Å². The van der Waals surface area contributed by atoms with E-state index in [1.54, 1.807) is 6.07 Å². The van der Waals surface area contributed by atoms with Crippen LogP contribution in [0.4, 0.5) is 4.39 Å². The summed E-state index contributed by atoms with van der Waals surface area (Å²) in [5.41, 5.74) is 0.681. The molecule has 0 saturated carbocycles. The van der Waals surface area contributed by atoms with Crippen LogP contribution in [-0.2, 0) is 11.3 Å². The Kier molecular flexibility index (Phi) is 8.15. The van der Waals surface area contributed by atoms with Crippen LogP contribution < -0.4 is 15.4 Å². The molecular formula is C18H23ClFN3O2. The highest BCUT2D eigenvalue weighted by Gasteiger charge is 2.18. The van der Waals surface area contributed by atoms with Crippen molar-refractivity contribution in [3.05, 3.63) is 52.6 Å². The third kappa shape index (κ3) is 6.23. The van der Waals surface area contributed by atoms with Crippen molar-refractivity contribution >= 4 is 24.2 Å². The lowest BCUT2D eigenvalue weighted by Gasteiger charge is -2.14. The number of benzene rings is 1. The number of hydrogen-bond donors (Lipinski definition) is 2. The van der Waals surface area contributed by atoms with Crippen LogP contribution in [0.3, 0.4) is 0 Å². The summed E-state index contributed by atoms with van der Waals surface area (Å²) >= 11 is 5.96. The fourth-order valence-corrected chi connectivity index (χ4v) is 2.15. The van der Waals surface area contributed by atoms with E-state index >= 15 is 0 Å². The highest BCUT2D eigenvalue weighted by Crippen LogP contribution is 2.19. The zero-order valence-corrected chi connectivity index (χ0v) is 15.4. The maximum atomic E-state index is 13.7. The topological polar surface area (TPSA) is 62.7 Å². The van der Waals surface area contributed by atoms with Crippen LogP contribution in [0.15, 0.2) is 46.2 Å². The summed E-state index contributed by atoms with van der Waals surface area (Å²) in [7, 11) is 1.39. The highest BCUT2D eigenvalue weighted by atomic mass is 35.5. The van der Waals surface area contributed by atoms with Crippen LogP contribution in [0.25, 0.3) is 0 Å². The SMILES string of the molecule is C=N/C(NCC(C)C)=C(\C(=C)Cl)C(=O)NCc1ccc(OC)c(F)c1. The summed E-state index contributed by atoms with van der Waals surface area (Å²) in [6.07, 6.45) is 0. The van der Waals surface area contributed by atoms with Crippen molar-refractivity contribution in [1.29, 1.82) is 0 Å². The number of ether oxygens (including phenoxy) is 1. The summed E-state index contributed by atoms with van der Waals surface area (Å²) in [6, 6.07) is 4.45. The zero-order chi connectivity index (χ0) is 19.0. The van der Waals surface area contributed by atoms with Gasteiger partial charge >= 0.3 is 0 Å². The van der Waals surface area contributed by atoms with E-state index in [9.17, 15) is 9.18 Å². The molecule has 0 aliphatic heterocycles. The maximum absolute atomic E-state index is 13.7. The normalized spacial score (nSPS) is 11.6. The van der Waals surface area contributed by atoms with E-state index in [2.05, 4.69) is 28.9 Å². The molecule has 5 nitrogen and oxygen atoms in total. The average molecular weight is 368 g/mol. The lowest BCUT2D eigenvalue weighted by Crippen LogP contribution is -2.29. The molecule has 0 aliphatic rings. The van der Waals surface area contributed by atoms with E-state index in [1.165, 1.54) is 19.2 Å². The molecule has 1 amide bonds. The molecule has 1 aromatic rings. The fraction of sp³-hybridized carbons (Fsp3) is 0.333. The summed E-state index contributed by atoms with van der Waals surface area (Å²) in [5.74, 6) is -0.242. The van der Waals surface area contributed by atoms with Gasteiger partial charge in [0.25, 0.3) is 5.91 Å². The Morgan fingerprint density at radius 3 is 2.56 bits per heavy atom. The van der Waals surface area contributed by atoms with Crippen molar-refractivity contribution < 1.29 is 13.9 Å². The minimum absolute atomic E-state index is 0.0390. The van der Waals surface area contributed by atoms with Gasteiger partial charge in [-0.2, -0.15) is 0 Å². The molecule has 7 heteroatoms. The smallest absolute Gasteiger partial charge is 0.256 e. The molecule has 0 heterocycles. The second-order valence-electron chi connectivity index (χ2n) is 5.71. The van der Waals surface area contributed by atoms with Crippen LogP contribution in [0, 0.1) is 11.7 Å². The van der Waals surface area contributed by atoms with Crippen molar-refractivity contribution in [1.82, 2.24) is 10.6 Å². The molecule has 0 saturated heterocycles. The Morgan fingerprint density at radius 2 is 2.08 bits per heavy atom. The van der Waals surface area contributed by atoms with Gasteiger partial charge in [0.2, 0.25) is 0 Å². The van der Waals surface area contributed by atoms with Gasteiger partial charge in [-0.1, -0.05) is 38.1 Å². The standard InChI is InChI=1S/C18H23ClFN3O2/c1-11(2)9-22-17(21-4)16(12(3)19)18(24)23-10-13-6-7-15(25-5)14(20)8-13/h6-8,11,22H,3-4,9-10H2,1-2,5H3,(H,23,24)/b17-16-. The van der Waals surface area contributed by atoms with Crippen LogP contribution in [-0.4, -0.2) is 26.3 Å². The van der Waals surface area contributed by atoms with E-state index in [1.807, 2.05) is 13.8 Å². The molecule has 0 spiro atoms. The molecule has 2 N–H and O–H groups in total. The van der Waals surface area contributed by atoms with Crippen LogP contribution in [0.2, 0.25) is 0 Å². The van der Waals surface area contributed by atoms with E-state index in [4.69, 9.17) is 16.3 Å². The number of nitrogens with one attached hydrogen (secondary N) is 2.